The van der Waals surface area contributed by atoms with Gasteiger partial charge in [0, 0.05) is 30.6 Å². The van der Waals surface area contributed by atoms with Crippen LogP contribution in [0.3, 0.4) is 0 Å². The smallest absolute Gasteiger partial charge is 0.228 e. The van der Waals surface area contributed by atoms with E-state index in [1.54, 1.807) is 0 Å². The highest BCUT2D eigenvalue weighted by atomic mass is 19.1. The Morgan fingerprint density at radius 3 is 1.75 bits per heavy atom. The number of aromatic nitrogens is 1. The van der Waals surface area contributed by atoms with Gasteiger partial charge in [0.25, 0.3) is 0 Å². The second kappa shape index (κ2) is 12.4. The highest BCUT2D eigenvalue weighted by molar-refractivity contribution is 5.91. The molecule has 1 N–H and O–H groups in total. The number of pyridine rings is 1. The Morgan fingerprint density at radius 2 is 1.27 bits per heavy atom. The summed E-state index contributed by atoms with van der Waals surface area (Å²) >= 11 is 0. The molecule has 0 unspecified atom stereocenters. The number of hydrogen-bond donors (Lipinski definition) is 1. The van der Waals surface area contributed by atoms with Gasteiger partial charge >= 0.3 is 0 Å². The van der Waals surface area contributed by atoms with Gasteiger partial charge in [-0.05, 0) is 113 Å². The lowest BCUT2D eigenvalue weighted by Gasteiger charge is -2.61. The van der Waals surface area contributed by atoms with E-state index in [9.17, 15) is 9.18 Å². The van der Waals surface area contributed by atoms with Crippen molar-refractivity contribution in [1.82, 2.24) is 4.98 Å². The van der Waals surface area contributed by atoms with Crippen LogP contribution < -0.4 is 5.32 Å². The first-order chi connectivity index (χ1) is 24.3. The molecule has 1 aromatic heterocycles. The monoisotopic (exact) mass is 714 g/mol. The molecule has 0 radical (unpaired) electrons. The van der Waals surface area contributed by atoms with E-state index in [1.165, 1.54) is 12.1 Å². The largest absolute Gasteiger partial charge is 0.346 e. The summed E-state index contributed by atoms with van der Waals surface area (Å²) in [6, 6.07) is 2.80. The lowest BCUT2D eigenvalue weighted by Crippen LogP contribution is -2.70. The van der Waals surface area contributed by atoms with Crippen molar-refractivity contribution in [3.8, 4) is 0 Å². The highest BCUT2D eigenvalue weighted by Gasteiger charge is 2.71. The molecule has 51 heavy (non-hydrogen) atoms. The number of anilines is 1. The van der Waals surface area contributed by atoms with Gasteiger partial charge in [0.1, 0.15) is 11.6 Å². The summed E-state index contributed by atoms with van der Waals surface area (Å²) in [6.45, 7) is 12.9. The van der Waals surface area contributed by atoms with Crippen molar-refractivity contribution in [2.24, 2.45) is 53.3 Å². The van der Waals surface area contributed by atoms with Gasteiger partial charge in [-0.2, -0.15) is 0 Å². The standard InChI is InChI=1S/C39H55FN2O9/c1-20-7-10-28-22(3)30(44-34-38(28)26(20)13-15-36(5,46-34)48-50-38)17-24(33(43)42-32-12-9-25(40)19-41-32)18-31-23(4)29-11-8-21(2)27-14-16-37(6)47-35(45-31)39(27,29)51-49-37/h9,12,19-24,26-31,34-35H,7-8,10-11,13-18H2,1-6H3,(H,41,42,43)/t20-,21-,22-,23-,26+,27+,28+,29+,30-,31-,34-,35-,36+,37+,38-,39-/m1/s1. The Labute approximate surface area is 300 Å². The Hall–Kier alpha value is -1.77. The predicted octanol–water partition coefficient (Wildman–Crippen LogP) is 7.06. The average molecular weight is 715 g/mol. The molecule has 4 bridgehead atoms. The number of rotatable bonds is 6. The molecule has 10 fully saturated rings. The van der Waals surface area contributed by atoms with Gasteiger partial charge in [-0.3, -0.25) is 4.79 Å². The van der Waals surface area contributed by atoms with Crippen molar-refractivity contribution in [1.29, 1.82) is 0 Å². The fourth-order valence-corrected chi connectivity index (χ4v) is 12.0. The first-order valence-electron chi connectivity index (χ1n) is 19.7. The number of halogens is 1. The fourth-order valence-electron chi connectivity index (χ4n) is 12.0. The Bertz CT molecular complexity index is 1420. The van der Waals surface area contributed by atoms with Crippen LogP contribution in [0.4, 0.5) is 10.2 Å². The molecule has 11 rings (SSSR count). The number of nitrogens with zero attached hydrogens (tertiary/aromatic N) is 1. The van der Waals surface area contributed by atoms with Crippen molar-refractivity contribution in [3.05, 3.63) is 24.1 Å². The topological polar surface area (TPSA) is 116 Å². The van der Waals surface area contributed by atoms with Gasteiger partial charge < -0.3 is 24.3 Å². The molecule has 11 nitrogen and oxygen atoms in total. The maximum atomic E-state index is 14.4. The quantitative estimate of drug-likeness (QED) is 0.307. The molecule has 9 heterocycles. The van der Waals surface area contributed by atoms with E-state index < -0.39 is 47.1 Å². The van der Waals surface area contributed by atoms with Crippen molar-refractivity contribution >= 4 is 11.7 Å². The zero-order valence-electron chi connectivity index (χ0n) is 30.8. The molecular formula is C39H55FN2O9. The average Bonchev–Trinajstić information content (AvgIpc) is 3.47. The van der Waals surface area contributed by atoms with Crippen LogP contribution in [0.25, 0.3) is 0 Å². The van der Waals surface area contributed by atoms with E-state index >= 15 is 0 Å². The third-order valence-corrected chi connectivity index (χ3v) is 15.0. The van der Waals surface area contributed by atoms with Gasteiger partial charge in [-0.25, -0.2) is 28.9 Å². The summed E-state index contributed by atoms with van der Waals surface area (Å²) < 4.78 is 41.0. The molecule has 12 heteroatoms. The van der Waals surface area contributed by atoms with Crippen LogP contribution in [0.5, 0.6) is 0 Å². The Morgan fingerprint density at radius 1 is 0.765 bits per heavy atom. The molecule has 2 saturated carbocycles. The third-order valence-electron chi connectivity index (χ3n) is 15.0. The molecule has 1 aromatic rings. The molecule has 10 aliphatic rings. The Balaban J connectivity index is 1.02. The first-order valence-corrected chi connectivity index (χ1v) is 19.7. The maximum absolute atomic E-state index is 14.4. The summed E-state index contributed by atoms with van der Waals surface area (Å²) in [4.78, 5) is 43.4. The SMILES string of the molecule is C[C@H]1[C@@H](CC(C[C@H]2O[C@@H]3O[C@]4(C)CC[C@H]5[C@H](C)CC[C@@H]([C@H]2C)[C@@]35OO4)C(=O)Nc2ccc(F)cn2)O[C@@H]2O[C@]3(C)CC[C@H]4[C@H](C)CC[C@@H]1[C@@]24OO3. The fraction of sp³-hybridized carbons (Fsp3) is 0.846. The van der Waals surface area contributed by atoms with E-state index in [4.69, 9.17) is 38.5 Å². The summed E-state index contributed by atoms with van der Waals surface area (Å²) in [5, 5.41) is 2.99. The minimum absolute atomic E-state index is 0.0742. The summed E-state index contributed by atoms with van der Waals surface area (Å²) in [5.74, 6) is -0.770. The minimum Gasteiger partial charge on any atom is -0.346 e. The second-order valence-electron chi connectivity index (χ2n) is 17.9. The van der Waals surface area contributed by atoms with Gasteiger partial charge in [0.2, 0.25) is 17.5 Å². The predicted molar refractivity (Wildman–Crippen MR) is 179 cm³/mol. The highest BCUT2D eigenvalue weighted by Crippen LogP contribution is 2.63. The molecule has 282 valence electrons. The summed E-state index contributed by atoms with van der Waals surface area (Å²) in [5.41, 5.74) is -1.37. The molecule has 1 amide bonds. The van der Waals surface area contributed by atoms with Crippen molar-refractivity contribution < 1.29 is 47.7 Å². The van der Waals surface area contributed by atoms with E-state index in [-0.39, 0.29) is 53.6 Å². The van der Waals surface area contributed by atoms with Crippen LogP contribution in [0.2, 0.25) is 0 Å². The number of fused-ring (bicyclic) bond motifs is 4. The van der Waals surface area contributed by atoms with Gasteiger partial charge in [0.05, 0.1) is 18.4 Å². The molecule has 16 atom stereocenters. The molecule has 8 aliphatic heterocycles. The number of ether oxygens (including phenoxy) is 4. The Kier molecular flexibility index (Phi) is 8.49. The van der Waals surface area contributed by atoms with Crippen molar-refractivity contribution in [2.75, 3.05) is 5.32 Å². The number of carbonyl (C=O) groups is 1. The summed E-state index contributed by atoms with van der Waals surface area (Å²) in [6.07, 6.45) is 7.78. The molecule has 0 aromatic carbocycles. The van der Waals surface area contributed by atoms with E-state index in [2.05, 4.69) is 38.0 Å². The van der Waals surface area contributed by atoms with Gasteiger partial charge in [-0.15, -0.1) is 0 Å². The van der Waals surface area contributed by atoms with Gasteiger partial charge in [0.15, 0.2) is 23.8 Å². The molecule has 2 aliphatic carbocycles. The van der Waals surface area contributed by atoms with Crippen LogP contribution in [0.1, 0.15) is 106 Å². The number of amides is 1. The second-order valence-corrected chi connectivity index (χ2v) is 17.9. The van der Waals surface area contributed by atoms with Crippen LogP contribution in [0, 0.1) is 59.1 Å². The van der Waals surface area contributed by atoms with E-state index in [0.717, 1.165) is 57.6 Å². The van der Waals surface area contributed by atoms with E-state index in [1.807, 2.05) is 13.8 Å². The third kappa shape index (κ3) is 5.39. The van der Waals surface area contributed by atoms with E-state index in [0.29, 0.717) is 30.5 Å². The number of hydrogen-bond acceptors (Lipinski definition) is 10. The zero-order chi connectivity index (χ0) is 35.5. The lowest BCUT2D eigenvalue weighted by molar-refractivity contribution is -0.571. The minimum atomic E-state index is -0.884. The normalized spacial score (nSPS) is 51.8. The van der Waals surface area contributed by atoms with Crippen molar-refractivity contribution in [3.63, 3.8) is 0 Å². The zero-order valence-corrected chi connectivity index (χ0v) is 30.8. The number of nitrogens with one attached hydrogen (secondary N) is 1. The molecular weight excluding hydrogens is 659 g/mol. The van der Waals surface area contributed by atoms with Crippen LogP contribution in [0.15, 0.2) is 18.3 Å². The molecule has 2 spiro atoms. The van der Waals surface area contributed by atoms with Crippen molar-refractivity contribution in [2.45, 2.75) is 153 Å². The van der Waals surface area contributed by atoms with Crippen LogP contribution >= 0.6 is 0 Å². The first kappa shape index (κ1) is 35.0. The van der Waals surface area contributed by atoms with Crippen LogP contribution in [-0.4, -0.2) is 58.5 Å². The maximum Gasteiger partial charge on any atom is 0.228 e. The summed E-state index contributed by atoms with van der Waals surface area (Å²) in [7, 11) is 0. The van der Waals surface area contributed by atoms with Crippen LogP contribution in [-0.2, 0) is 43.3 Å². The number of carbonyl (C=O) groups excluding carboxylic acids is 1. The lowest BCUT2D eigenvalue weighted by atomic mass is 9.56. The molecule has 8 saturated heterocycles. The van der Waals surface area contributed by atoms with Gasteiger partial charge in [-0.1, -0.05) is 27.7 Å².